The molecule has 1 aromatic rings. The molecule has 0 heterocycles. The van der Waals surface area contributed by atoms with Gasteiger partial charge < -0.3 is 0 Å². The summed E-state index contributed by atoms with van der Waals surface area (Å²) in [6, 6.07) is 8.29. The molecule has 0 nitrogen and oxygen atoms in total. The second-order valence-electron chi connectivity index (χ2n) is 4.19. The summed E-state index contributed by atoms with van der Waals surface area (Å²) in [5.41, 5.74) is 1.42. The van der Waals surface area contributed by atoms with Gasteiger partial charge in [-0.3, -0.25) is 0 Å². The first-order valence-electron chi connectivity index (χ1n) is 5.40. The van der Waals surface area contributed by atoms with E-state index in [2.05, 4.69) is 32.9 Å². The Balaban J connectivity index is 2.82. The van der Waals surface area contributed by atoms with Crippen molar-refractivity contribution in [2.24, 2.45) is 5.92 Å². The molecule has 0 amide bonds. The van der Waals surface area contributed by atoms with Crippen molar-refractivity contribution in [1.29, 1.82) is 0 Å². The van der Waals surface area contributed by atoms with Gasteiger partial charge in [0.2, 0.25) is 0 Å². The van der Waals surface area contributed by atoms with Gasteiger partial charge in [0.15, 0.2) is 0 Å². The SMILES string of the molecule is CCC[C@@H](c1ccc(Cl)cc1)C(C)C. The van der Waals surface area contributed by atoms with Crippen LogP contribution in [-0.2, 0) is 0 Å². The molecule has 0 saturated heterocycles. The van der Waals surface area contributed by atoms with Crippen LogP contribution in [0, 0.1) is 5.92 Å². The zero-order chi connectivity index (χ0) is 10.6. The van der Waals surface area contributed by atoms with Gasteiger partial charge in [-0.25, -0.2) is 0 Å². The van der Waals surface area contributed by atoms with Gasteiger partial charge in [-0.15, -0.1) is 0 Å². The van der Waals surface area contributed by atoms with E-state index in [0.29, 0.717) is 11.8 Å². The fourth-order valence-corrected chi connectivity index (χ4v) is 2.03. The van der Waals surface area contributed by atoms with Gasteiger partial charge in [0.05, 0.1) is 0 Å². The molecule has 1 heteroatoms. The zero-order valence-electron chi connectivity index (χ0n) is 9.26. The fourth-order valence-electron chi connectivity index (χ4n) is 1.91. The third-order valence-corrected chi connectivity index (χ3v) is 2.95. The second kappa shape index (κ2) is 5.41. The monoisotopic (exact) mass is 210 g/mol. The van der Waals surface area contributed by atoms with E-state index >= 15 is 0 Å². The maximum atomic E-state index is 5.87. The highest BCUT2D eigenvalue weighted by atomic mass is 35.5. The van der Waals surface area contributed by atoms with Crippen molar-refractivity contribution >= 4 is 11.6 Å². The molecule has 0 unspecified atom stereocenters. The Morgan fingerprint density at radius 1 is 1.14 bits per heavy atom. The highest BCUT2D eigenvalue weighted by Crippen LogP contribution is 2.29. The van der Waals surface area contributed by atoms with Crippen LogP contribution in [0.1, 0.15) is 45.1 Å². The molecule has 0 aliphatic rings. The lowest BCUT2D eigenvalue weighted by Crippen LogP contribution is -2.06. The maximum absolute atomic E-state index is 5.87. The van der Waals surface area contributed by atoms with E-state index in [0.717, 1.165) is 5.02 Å². The summed E-state index contributed by atoms with van der Waals surface area (Å²) in [5, 5.41) is 0.827. The van der Waals surface area contributed by atoms with Gasteiger partial charge in [-0.05, 0) is 36.0 Å². The van der Waals surface area contributed by atoms with Crippen molar-refractivity contribution in [3.8, 4) is 0 Å². The van der Waals surface area contributed by atoms with Crippen LogP contribution in [0.3, 0.4) is 0 Å². The van der Waals surface area contributed by atoms with E-state index in [4.69, 9.17) is 11.6 Å². The molecule has 0 aliphatic carbocycles. The fraction of sp³-hybridized carbons (Fsp3) is 0.538. The van der Waals surface area contributed by atoms with Crippen molar-refractivity contribution < 1.29 is 0 Å². The predicted molar refractivity (Wildman–Crippen MR) is 63.9 cm³/mol. The van der Waals surface area contributed by atoms with Crippen molar-refractivity contribution in [3.63, 3.8) is 0 Å². The Labute approximate surface area is 92.3 Å². The van der Waals surface area contributed by atoms with E-state index in [-0.39, 0.29) is 0 Å². The lowest BCUT2D eigenvalue weighted by molar-refractivity contribution is 0.463. The summed E-state index contributed by atoms with van der Waals surface area (Å²) in [4.78, 5) is 0. The van der Waals surface area contributed by atoms with Gasteiger partial charge in [-0.1, -0.05) is 50.9 Å². The maximum Gasteiger partial charge on any atom is 0.0406 e. The van der Waals surface area contributed by atoms with E-state index in [9.17, 15) is 0 Å². The molecular weight excluding hydrogens is 192 g/mol. The topological polar surface area (TPSA) is 0 Å². The normalized spacial score (nSPS) is 13.2. The first-order chi connectivity index (χ1) is 6.65. The van der Waals surface area contributed by atoms with Crippen molar-refractivity contribution in [2.75, 3.05) is 0 Å². The van der Waals surface area contributed by atoms with Crippen molar-refractivity contribution in [1.82, 2.24) is 0 Å². The third kappa shape index (κ3) is 3.02. The molecule has 0 radical (unpaired) electrons. The molecule has 1 aromatic carbocycles. The highest BCUT2D eigenvalue weighted by molar-refractivity contribution is 6.30. The molecule has 0 bridgehead atoms. The van der Waals surface area contributed by atoms with Gasteiger partial charge in [0.25, 0.3) is 0 Å². The molecule has 1 rings (SSSR count). The first-order valence-corrected chi connectivity index (χ1v) is 5.78. The Morgan fingerprint density at radius 2 is 1.71 bits per heavy atom. The molecule has 0 fully saturated rings. The minimum Gasteiger partial charge on any atom is -0.0843 e. The Morgan fingerprint density at radius 3 is 2.14 bits per heavy atom. The van der Waals surface area contributed by atoms with Crippen LogP contribution in [0.5, 0.6) is 0 Å². The molecule has 0 spiro atoms. The van der Waals surface area contributed by atoms with Gasteiger partial charge in [0, 0.05) is 5.02 Å². The minimum absolute atomic E-state index is 0.678. The summed E-state index contributed by atoms with van der Waals surface area (Å²) in [7, 11) is 0. The molecule has 0 N–H and O–H groups in total. The van der Waals surface area contributed by atoms with Gasteiger partial charge >= 0.3 is 0 Å². The number of benzene rings is 1. The molecule has 14 heavy (non-hydrogen) atoms. The average molecular weight is 211 g/mol. The van der Waals surface area contributed by atoms with E-state index in [1.807, 2.05) is 12.1 Å². The van der Waals surface area contributed by atoms with Crippen LogP contribution >= 0.6 is 11.6 Å². The zero-order valence-corrected chi connectivity index (χ0v) is 10.0. The van der Waals surface area contributed by atoms with Gasteiger partial charge in [0.1, 0.15) is 0 Å². The predicted octanol–water partition coefficient (Wildman–Crippen LogP) is 4.88. The second-order valence-corrected chi connectivity index (χ2v) is 4.63. The smallest absolute Gasteiger partial charge is 0.0406 e. The molecule has 1 atom stereocenters. The van der Waals surface area contributed by atoms with Crippen LogP contribution in [0.2, 0.25) is 5.02 Å². The molecule has 78 valence electrons. The Hall–Kier alpha value is -0.490. The van der Waals surface area contributed by atoms with Crippen LogP contribution in [0.25, 0.3) is 0 Å². The Kier molecular flexibility index (Phi) is 4.47. The van der Waals surface area contributed by atoms with Crippen LogP contribution in [0.4, 0.5) is 0 Å². The summed E-state index contributed by atoms with van der Waals surface area (Å²) in [6.45, 7) is 6.81. The Bertz CT molecular complexity index is 261. The minimum atomic E-state index is 0.678. The van der Waals surface area contributed by atoms with Crippen LogP contribution in [-0.4, -0.2) is 0 Å². The van der Waals surface area contributed by atoms with E-state index < -0.39 is 0 Å². The van der Waals surface area contributed by atoms with Crippen LogP contribution < -0.4 is 0 Å². The van der Waals surface area contributed by atoms with Crippen LogP contribution in [0.15, 0.2) is 24.3 Å². The number of halogens is 1. The molecule has 0 aromatic heterocycles. The van der Waals surface area contributed by atoms with Crippen molar-refractivity contribution in [3.05, 3.63) is 34.9 Å². The summed E-state index contributed by atoms with van der Waals surface area (Å²) >= 11 is 5.87. The number of rotatable bonds is 4. The number of hydrogen-bond acceptors (Lipinski definition) is 0. The lowest BCUT2D eigenvalue weighted by atomic mass is 9.85. The highest BCUT2D eigenvalue weighted by Gasteiger charge is 2.14. The van der Waals surface area contributed by atoms with E-state index in [1.165, 1.54) is 18.4 Å². The molecular formula is C13H19Cl. The largest absolute Gasteiger partial charge is 0.0843 e. The third-order valence-electron chi connectivity index (χ3n) is 2.70. The van der Waals surface area contributed by atoms with Gasteiger partial charge in [-0.2, -0.15) is 0 Å². The quantitative estimate of drug-likeness (QED) is 0.665. The lowest BCUT2D eigenvalue weighted by Gasteiger charge is -2.20. The number of hydrogen-bond donors (Lipinski definition) is 0. The summed E-state index contributed by atoms with van der Waals surface area (Å²) < 4.78 is 0. The standard InChI is InChI=1S/C13H19Cl/c1-4-5-13(10(2)3)11-6-8-12(14)9-7-11/h6-10,13H,4-5H2,1-3H3/t13-/m1/s1. The summed E-state index contributed by atoms with van der Waals surface area (Å²) in [6.07, 6.45) is 2.50. The van der Waals surface area contributed by atoms with Crippen molar-refractivity contribution in [2.45, 2.75) is 39.5 Å². The van der Waals surface area contributed by atoms with E-state index in [1.54, 1.807) is 0 Å². The first kappa shape index (κ1) is 11.6. The molecule has 0 saturated carbocycles. The molecule has 0 aliphatic heterocycles. The average Bonchev–Trinajstić information content (AvgIpc) is 2.15. The summed E-state index contributed by atoms with van der Waals surface area (Å²) in [5.74, 6) is 1.38.